The normalized spacial score (nSPS) is 11.8. The van der Waals surface area contributed by atoms with Crippen molar-refractivity contribution in [3.63, 3.8) is 0 Å². The molecule has 0 fully saturated rings. The van der Waals surface area contributed by atoms with E-state index in [1.54, 1.807) is 48.5 Å². The summed E-state index contributed by atoms with van der Waals surface area (Å²) < 4.78 is 0. The lowest BCUT2D eigenvalue weighted by molar-refractivity contribution is -0.122. The van der Waals surface area contributed by atoms with E-state index in [1.807, 2.05) is 13.8 Å². The summed E-state index contributed by atoms with van der Waals surface area (Å²) in [5.74, 6) is -0.223. The number of carbonyl (C=O) groups excluding carboxylic acids is 2. The number of rotatable bonds is 10. The molecule has 2 aromatic carbocycles. The summed E-state index contributed by atoms with van der Waals surface area (Å²) in [4.78, 5) is 24.0. The molecule has 0 saturated carbocycles. The fourth-order valence-electron chi connectivity index (χ4n) is 2.78. The van der Waals surface area contributed by atoms with Crippen LogP contribution in [0.3, 0.4) is 0 Å². The van der Waals surface area contributed by atoms with Crippen LogP contribution >= 0.6 is 0 Å². The van der Waals surface area contributed by atoms with Gasteiger partial charge in [-0.3, -0.25) is 9.59 Å². The summed E-state index contributed by atoms with van der Waals surface area (Å²) in [7, 11) is 0. The van der Waals surface area contributed by atoms with Gasteiger partial charge in [-0.15, -0.1) is 0 Å². The number of hydrogen-bond acceptors (Lipinski definition) is 6. The molecule has 8 nitrogen and oxygen atoms in total. The predicted octanol–water partition coefficient (Wildman–Crippen LogP) is 3.43. The van der Waals surface area contributed by atoms with Crippen molar-refractivity contribution in [3.05, 3.63) is 59.7 Å². The molecule has 0 bridgehead atoms. The van der Waals surface area contributed by atoms with Crippen molar-refractivity contribution in [1.29, 1.82) is 0 Å². The smallest absolute Gasteiger partial charge is 0.240 e. The van der Waals surface area contributed by atoms with Crippen LogP contribution in [0, 0.1) is 0 Å². The number of nitrogens with one attached hydrogen (secondary N) is 2. The van der Waals surface area contributed by atoms with Gasteiger partial charge in [0.1, 0.15) is 11.5 Å². The first-order chi connectivity index (χ1) is 14.9. The van der Waals surface area contributed by atoms with E-state index in [0.29, 0.717) is 30.7 Å². The maximum atomic E-state index is 12.0. The number of amides is 2. The molecular formula is C23H28N4O4. The van der Waals surface area contributed by atoms with Crippen LogP contribution in [0.2, 0.25) is 0 Å². The highest BCUT2D eigenvalue weighted by Crippen LogP contribution is 2.13. The average Bonchev–Trinajstić information content (AvgIpc) is 2.77. The van der Waals surface area contributed by atoms with Gasteiger partial charge in [0.15, 0.2) is 0 Å². The number of carbonyl (C=O) groups is 2. The van der Waals surface area contributed by atoms with Crippen LogP contribution in [-0.4, -0.2) is 33.5 Å². The zero-order valence-corrected chi connectivity index (χ0v) is 17.8. The first kappa shape index (κ1) is 23.6. The third-order valence-corrected chi connectivity index (χ3v) is 4.51. The van der Waals surface area contributed by atoms with E-state index in [0.717, 1.165) is 11.1 Å². The molecule has 0 aliphatic carbocycles. The Kier molecular flexibility index (Phi) is 9.22. The van der Waals surface area contributed by atoms with E-state index in [4.69, 9.17) is 0 Å². The van der Waals surface area contributed by atoms with E-state index in [1.165, 1.54) is 0 Å². The van der Waals surface area contributed by atoms with Gasteiger partial charge in [0.2, 0.25) is 11.8 Å². The molecule has 4 N–H and O–H groups in total. The van der Waals surface area contributed by atoms with Gasteiger partial charge in [-0.1, -0.05) is 13.8 Å². The van der Waals surface area contributed by atoms with Crippen LogP contribution in [0.4, 0.5) is 0 Å². The lowest BCUT2D eigenvalue weighted by atomic mass is 10.1. The average molecular weight is 425 g/mol. The molecule has 0 aliphatic rings. The quantitative estimate of drug-likeness (QED) is 0.345. The second kappa shape index (κ2) is 12.1. The molecule has 164 valence electrons. The number of nitrogens with zero attached hydrogens (tertiary/aromatic N) is 2. The number of aromatic hydroxyl groups is 2. The highest BCUT2D eigenvalue weighted by molar-refractivity contribution is 6.01. The Labute approximate surface area is 181 Å². The minimum Gasteiger partial charge on any atom is -0.508 e. The summed E-state index contributed by atoms with van der Waals surface area (Å²) in [5.41, 5.74) is 8.05. The minimum atomic E-state index is -0.278. The van der Waals surface area contributed by atoms with E-state index in [2.05, 4.69) is 21.1 Å². The van der Waals surface area contributed by atoms with Crippen LogP contribution < -0.4 is 10.9 Å². The van der Waals surface area contributed by atoms with Crippen molar-refractivity contribution in [3.8, 4) is 11.5 Å². The zero-order chi connectivity index (χ0) is 22.6. The third kappa shape index (κ3) is 7.93. The van der Waals surface area contributed by atoms with Gasteiger partial charge in [0.25, 0.3) is 0 Å². The number of benzene rings is 2. The molecule has 0 atom stereocenters. The molecule has 0 radical (unpaired) electrons. The topological polar surface area (TPSA) is 123 Å². The number of hydrogen-bond donors (Lipinski definition) is 4. The SMILES string of the molecule is CC/C(=N/NC(=O)CCCC(=O)N/N=C(/CC)c1ccc(O)cc1)c1ccc(O)cc1. The van der Waals surface area contributed by atoms with Gasteiger partial charge >= 0.3 is 0 Å². The highest BCUT2D eigenvalue weighted by atomic mass is 16.3. The monoisotopic (exact) mass is 424 g/mol. The third-order valence-electron chi connectivity index (χ3n) is 4.51. The van der Waals surface area contributed by atoms with E-state index >= 15 is 0 Å². The Hall–Kier alpha value is -3.68. The van der Waals surface area contributed by atoms with E-state index in [9.17, 15) is 19.8 Å². The van der Waals surface area contributed by atoms with Gasteiger partial charge in [-0.25, -0.2) is 10.9 Å². The predicted molar refractivity (Wildman–Crippen MR) is 120 cm³/mol. The molecular weight excluding hydrogens is 396 g/mol. The molecule has 0 aromatic heterocycles. The Morgan fingerprint density at radius 1 is 0.710 bits per heavy atom. The van der Waals surface area contributed by atoms with Crippen LogP contribution in [-0.2, 0) is 9.59 Å². The fraction of sp³-hybridized carbons (Fsp3) is 0.304. The van der Waals surface area contributed by atoms with Crippen molar-refractivity contribution >= 4 is 23.2 Å². The van der Waals surface area contributed by atoms with Crippen molar-refractivity contribution in [1.82, 2.24) is 10.9 Å². The summed E-state index contributed by atoms with van der Waals surface area (Å²) in [6.45, 7) is 3.84. The van der Waals surface area contributed by atoms with E-state index in [-0.39, 0.29) is 36.2 Å². The van der Waals surface area contributed by atoms with Crippen molar-refractivity contribution in [2.45, 2.75) is 46.0 Å². The minimum absolute atomic E-state index is 0.159. The zero-order valence-electron chi connectivity index (χ0n) is 17.8. The first-order valence-corrected chi connectivity index (χ1v) is 10.2. The lowest BCUT2D eigenvalue weighted by Gasteiger charge is -2.06. The largest absolute Gasteiger partial charge is 0.508 e. The molecule has 2 aromatic rings. The lowest BCUT2D eigenvalue weighted by Crippen LogP contribution is -2.22. The first-order valence-electron chi connectivity index (χ1n) is 10.2. The molecule has 0 saturated heterocycles. The fourth-order valence-corrected chi connectivity index (χ4v) is 2.78. The summed E-state index contributed by atoms with van der Waals surface area (Å²) in [6, 6.07) is 13.2. The molecule has 0 spiro atoms. The Morgan fingerprint density at radius 3 is 1.39 bits per heavy atom. The number of hydrazone groups is 2. The molecule has 2 rings (SSSR count). The Bertz CT molecular complexity index is 858. The maximum absolute atomic E-state index is 12.0. The second-order valence-electron chi connectivity index (χ2n) is 6.84. The Balaban J connectivity index is 1.78. The van der Waals surface area contributed by atoms with E-state index < -0.39 is 0 Å². The summed E-state index contributed by atoms with van der Waals surface area (Å²) >= 11 is 0. The summed E-state index contributed by atoms with van der Waals surface area (Å²) in [6.07, 6.45) is 1.92. The van der Waals surface area contributed by atoms with Gasteiger partial charge < -0.3 is 10.2 Å². The van der Waals surface area contributed by atoms with Gasteiger partial charge in [0, 0.05) is 12.8 Å². The maximum Gasteiger partial charge on any atom is 0.240 e. The number of phenolic OH excluding ortho intramolecular Hbond substituents is 2. The van der Waals surface area contributed by atoms with Crippen molar-refractivity contribution in [2.75, 3.05) is 0 Å². The molecule has 8 heteroatoms. The van der Waals surface area contributed by atoms with Crippen molar-refractivity contribution in [2.24, 2.45) is 10.2 Å². The number of phenols is 2. The van der Waals surface area contributed by atoms with Crippen molar-refractivity contribution < 1.29 is 19.8 Å². The Morgan fingerprint density at radius 2 is 1.06 bits per heavy atom. The van der Waals surface area contributed by atoms with Gasteiger partial charge in [0.05, 0.1) is 11.4 Å². The molecule has 0 aliphatic heterocycles. The summed E-state index contributed by atoms with van der Waals surface area (Å²) in [5, 5.41) is 27.0. The standard InChI is InChI=1S/C23H28N4O4/c1-3-20(16-8-12-18(28)13-9-16)24-26-22(30)6-5-7-23(31)27-25-21(4-2)17-10-14-19(29)15-11-17/h8-15,28-29H,3-7H2,1-2H3,(H,26,30)(H,27,31)/b24-20-,25-21-. The van der Waals surface area contributed by atoms with Gasteiger partial charge in [-0.05, 0) is 78.9 Å². The molecule has 0 unspecified atom stereocenters. The molecule has 0 heterocycles. The highest BCUT2D eigenvalue weighted by Gasteiger charge is 2.07. The molecule has 31 heavy (non-hydrogen) atoms. The second-order valence-corrected chi connectivity index (χ2v) is 6.84. The molecule has 2 amide bonds. The van der Waals surface area contributed by atoms with Crippen LogP contribution in [0.1, 0.15) is 57.1 Å². The van der Waals surface area contributed by atoms with Crippen LogP contribution in [0.25, 0.3) is 0 Å². The van der Waals surface area contributed by atoms with Crippen LogP contribution in [0.5, 0.6) is 11.5 Å². The van der Waals surface area contributed by atoms with Crippen LogP contribution in [0.15, 0.2) is 58.7 Å². The van der Waals surface area contributed by atoms with Gasteiger partial charge in [-0.2, -0.15) is 10.2 Å².